The molecule has 1 saturated carbocycles. The van der Waals surface area contributed by atoms with Crippen LogP contribution >= 0.6 is 0 Å². The Bertz CT molecular complexity index is 589. The molecule has 116 valence electrons. The molecule has 4 nitrogen and oxygen atoms in total. The van der Waals surface area contributed by atoms with Crippen molar-refractivity contribution in [3.05, 3.63) is 29.8 Å². The summed E-state index contributed by atoms with van der Waals surface area (Å²) in [6.07, 6.45) is 6.22. The van der Waals surface area contributed by atoms with Gasteiger partial charge in [-0.1, -0.05) is 44.7 Å². The zero-order valence-corrected chi connectivity index (χ0v) is 13.3. The van der Waals surface area contributed by atoms with E-state index in [2.05, 4.69) is 4.72 Å². The maximum Gasteiger partial charge on any atom is 0.240 e. The third-order valence-electron chi connectivity index (χ3n) is 4.11. The van der Waals surface area contributed by atoms with E-state index in [1.807, 2.05) is 0 Å². The Labute approximate surface area is 127 Å². The first kappa shape index (κ1) is 16.2. The maximum absolute atomic E-state index is 12.2. The quantitative estimate of drug-likeness (QED) is 0.787. The average Bonchev–Trinajstić information content (AvgIpc) is 2.99. The van der Waals surface area contributed by atoms with Gasteiger partial charge in [-0.25, -0.2) is 13.1 Å². The van der Waals surface area contributed by atoms with Crippen molar-refractivity contribution in [2.75, 3.05) is 6.54 Å². The first-order chi connectivity index (χ1) is 10.0. The molecule has 1 aromatic carbocycles. The number of ketones is 1. The number of hydrogen-bond acceptors (Lipinski definition) is 3. The lowest BCUT2D eigenvalue weighted by atomic mass is 10.1. The molecule has 2 rings (SSSR count). The Balaban J connectivity index is 1.99. The van der Waals surface area contributed by atoms with Crippen LogP contribution in [0.3, 0.4) is 0 Å². The normalized spacial score (nSPS) is 16.2. The molecular weight excluding hydrogens is 286 g/mol. The Morgan fingerprint density at radius 2 is 2.00 bits per heavy atom. The number of Topliss-reactive ketones (excluding diaryl/α,β-unsaturated/α-hetero) is 1. The van der Waals surface area contributed by atoms with Crippen molar-refractivity contribution >= 4 is 15.8 Å². The van der Waals surface area contributed by atoms with Crippen LogP contribution in [-0.2, 0) is 10.0 Å². The van der Waals surface area contributed by atoms with Gasteiger partial charge < -0.3 is 0 Å². The zero-order valence-electron chi connectivity index (χ0n) is 12.5. The van der Waals surface area contributed by atoms with Gasteiger partial charge in [-0.15, -0.1) is 0 Å². The summed E-state index contributed by atoms with van der Waals surface area (Å²) in [5.41, 5.74) is 0.455. The highest BCUT2D eigenvalue weighted by Gasteiger charge is 2.18. The monoisotopic (exact) mass is 309 g/mol. The van der Waals surface area contributed by atoms with Crippen molar-refractivity contribution in [1.82, 2.24) is 4.72 Å². The number of nitrogens with one attached hydrogen (secondary N) is 1. The number of rotatable bonds is 7. The number of benzene rings is 1. The Morgan fingerprint density at radius 1 is 1.29 bits per heavy atom. The molecule has 0 aromatic heterocycles. The second-order valence-electron chi connectivity index (χ2n) is 5.64. The second-order valence-corrected chi connectivity index (χ2v) is 7.41. The summed E-state index contributed by atoms with van der Waals surface area (Å²) < 4.78 is 27.1. The minimum Gasteiger partial charge on any atom is -0.294 e. The summed E-state index contributed by atoms with van der Waals surface area (Å²) in [7, 11) is -3.52. The molecule has 0 saturated heterocycles. The highest BCUT2D eigenvalue weighted by Crippen LogP contribution is 2.27. The van der Waals surface area contributed by atoms with Gasteiger partial charge in [0.1, 0.15) is 0 Å². The second kappa shape index (κ2) is 7.18. The Kier molecular flexibility index (Phi) is 5.53. The molecule has 1 N–H and O–H groups in total. The van der Waals surface area contributed by atoms with Crippen LogP contribution in [0.1, 0.15) is 55.8 Å². The van der Waals surface area contributed by atoms with Crippen LogP contribution in [-0.4, -0.2) is 20.7 Å². The van der Waals surface area contributed by atoms with E-state index >= 15 is 0 Å². The standard InChI is InChI=1S/C16H23NO3S/c1-2-16(18)14-8-5-9-15(12-14)21(19,20)17-11-10-13-6-3-4-7-13/h5,8-9,12-13,17H,2-4,6-7,10-11H2,1H3. The highest BCUT2D eigenvalue weighted by atomic mass is 32.2. The molecule has 0 radical (unpaired) electrons. The molecule has 0 atom stereocenters. The molecule has 1 aliphatic carbocycles. The smallest absolute Gasteiger partial charge is 0.240 e. The SMILES string of the molecule is CCC(=O)c1cccc(S(=O)(=O)NCCC2CCCC2)c1. The molecule has 0 bridgehead atoms. The van der Waals surface area contributed by atoms with Crippen molar-refractivity contribution in [3.63, 3.8) is 0 Å². The molecule has 5 heteroatoms. The summed E-state index contributed by atoms with van der Waals surface area (Å²) >= 11 is 0. The summed E-state index contributed by atoms with van der Waals surface area (Å²) in [5.74, 6) is 0.610. The lowest BCUT2D eigenvalue weighted by Gasteiger charge is -2.11. The minimum atomic E-state index is -3.52. The predicted molar refractivity (Wildman–Crippen MR) is 82.8 cm³/mol. The van der Waals surface area contributed by atoms with Crippen LogP contribution in [0.5, 0.6) is 0 Å². The lowest BCUT2D eigenvalue weighted by molar-refractivity contribution is 0.0988. The summed E-state index contributed by atoms with van der Waals surface area (Å²) in [5, 5.41) is 0. The topological polar surface area (TPSA) is 63.2 Å². The van der Waals surface area contributed by atoms with Gasteiger partial charge in [0.25, 0.3) is 0 Å². The van der Waals surface area contributed by atoms with Crippen molar-refractivity contribution in [2.24, 2.45) is 5.92 Å². The van der Waals surface area contributed by atoms with E-state index in [0.29, 0.717) is 24.4 Å². The van der Waals surface area contributed by atoms with Crippen LogP contribution in [0.15, 0.2) is 29.2 Å². The molecule has 0 aliphatic heterocycles. The van der Waals surface area contributed by atoms with Gasteiger partial charge in [-0.3, -0.25) is 4.79 Å². The zero-order chi connectivity index (χ0) is 15.3. The van der Waals surface area contributed by atoms with Gasteiger partial charge >= 0.3 is 0 Å². The van der Waals surface area contributed by atoms with Crippen LogP contribution in [0.4, 0.5) is 0 Å². The third kappa shape index (κ3) is 4.38. The predicted octanol–water partition coefficient (Wildman–Crippen LogP) is 3.14. The molecule has 0 unspecified atom stereocenters. The van der Waals surface area contributed by atoms with Gasteiger partial charge in [0.15, 0.2) is 5.78 Å². The van der Waals surface area contributed by atoms with E-state index in [1.165, 1.54) is 37.8 Å². The van der Waals surface area contributed by atoms with Crippen molar-refractivity contribution in [2.45, 2.75) is 50.3 Å². The van der Waals surface area contributed by atoms with E-state index in [0.717, 1.165) is 6.42 Å². The van der Waals surface area contributed by atoms with Gasteiger partial charge in [0, 0.05) is 18.5 Å². The van der Waals surface area contributed by atoms with Gasteiger partial charge in [-0.05, 0) is 24.5 Å². The molecule has 0 amide bonds. The van der Waals surface area contributed by atoms with Gasteiger partial charge in [-0.2, -0.15) is 0 Å². The molecule has 1 aromatic rings. The third-order valence-corrected chi connectivity index (χ3v) is 5.57. The van der Waals surface area contributed by atoms with Crippen LogP contribution < -0.4 is 4.72 Å². The molecular formula is C16H23NO3S. The molecule has 0 spiro atoms. The fraction of sp³-hybridized carbons (Fsp3) is 0.562. The molecule has 1 fully saturated rings. The first-order valence-corrected chi connectivity index (χ1v) is 9.14. The number of hydrogen-bond donors (Lipinski definition) is 1. The molecule has 0 heterocycles. The molecule has 1 aliphatic rings. The average molecular weight is 309 g/mol. The van der Waals surface area contributed by atoms with E-state index in [9.17, 15) is 13.2 Å². The first-order valence-electron chi connectivity index (χ1n) is 7.66. The van der Waals surface area contributed by atoms with Crippen molar-refractivity contribution < 1.29 is 13.2 Å². The van der Waals surface area contributed by atoms with E-state index in [-0.39, 0.29) is 10.7 Å². The van der Waals surface area contributed by atoms with Crippen molar-refractivity contribution in [3.8, 4) is 0 Å². The summed E-state index contributed by atoms with van der Waals surface area (Å²) in [6.45, 7) is 2.24. The summed E-state index contributed by atoms with van der Waals surface area (Å²) in [6, 6.07) is 6.27. The van der Waals surface area contributed by atoms with Crippen molar-refractivity contribution in [1.29, 1.82) is 0 Å². The van der Waals surface area contributed by atoms with Crippen LogP contribution in [0.2, 0.25) is 0 Å². The van der Waals surface area contributed by atoms with E-state index in [4.69, 9.17) is 0 Å². The van der Waals surface area contributed by atoms with Gasteiger partial charge in [0.2, 0.25) is 10.0 Å². The maximum atomic E-state index is 12.2. The summed E-state index contributed by atoms with van der Waals surface area (Å²) in [4.78, 5) is 11.8. The number of carbonyl (C=O) groups excluding carboxylic acids is 1. The fourth-order valence-corrected chi connectivity index (χ4v) is 3.91. The minimum absolute atomic E-state index is 0.0435. The fourth-order valence-electron chi connectivity index (χ4n) is 2.82. The largest absolute Gasteiger partial charge is 0.294 e. The van der Waals surface area contributed by atoms with Crippen LogP contribution in [0, 0.1) is 5.92 Å². The molecule has 21 heavy (non-hydrogen) atoms. The number of carbonyl (C=O) groups is 1. The van der Waals surface area contributed by atoms with E-state index < -0.39 is 10.0 Å². The highest BCUT2D eigenvalue weighted by molar-refractivity contribution is 7.89. The van der Waals surface area contributed by atoms with Gasteiger partial charge in [0.05, 0.1) is 4.90 Å². The lowest BCUT2D eigenvalue weighted by Crippen LogP contribution is -2.26. The Hall–Kier alpha value is -1.20. The number of sulfonamides is 1. The Morgan fingerprint density at radius 3 is 2.67 bits per heavy atom. The van der Waals surface area contributed by atoms with E-state index in [1.54, 1.807) is 19.1 Å². The van der Waals surface area contributed by atoms with Crippen LogP contribution in [0.25, 0.3) is 0 Å².